The molecule has 0 spiro atoms. The minimum absolute atomic E-state index is 0.530. The average molecular weight is 155 g/mol. The Bertz CT molecular complexity index is 116. The molecule has 1 atom stereocenters. The summed E-state index contributed by atoms with van der Waals surface area (Å²) in [5.74, 6) is 0.859. The molecule has 1 unspecified atom stereocenters. The molecule has 0 saturated heterocycles. The quantitative estimate of drug-likeness (QED) is 0.643. The second-order valence-corrected chi connectivity index (χ2v) is 4.34. The molecule has 66 valence electrons. The van der Waals surface area contributed by atoms with Crippen molar-refractivity contribution in [2.45, 2.75) is 52.0 Å². The van der Waals surface area contributed by atoms with Gasteiger partial charge in [-0.1, -0.05) is 20.3 Å². The normalized spacial score (nSPS) is 23.2. The zero-order chi connectivity index (χ0) is 8.32. The van der Waals surface area contributed by atoms with Gasteiger partial charge in [-0.3, -0.25) is 0 Å². The third-order valence-corrected chi connectivity index (χ3v) is 2.66. The molecule has 1 aliphatic carbocycles. The highest BCUT2D eigenvalue weighted by atomic mass is 15.0. The van der Waals surface area contributed by atoms with Crippen LogP contribution in [0.15, 0.2) is 0 Å². The van der Waals surface area contributed by atoms with E-state index in [4.69, 9.17) is 0 Å². The van der Waals surface area contributed by atoms with Crippen LogP contribution in [0.3, 0.4) is 0 Å². The van der Waals surface area contributed by atoms with Gasteiger partial charge in [-0.05, 0) is 38.6 Å². The molecule has 0 aromatic rings. The van der Waals surface area contributed by atoms with Crippen molar-refractivity contribution in [2.24, 2.45) is 5.92 Å². The molecule has 0 aliphatic heterocycles. The summed E-state index contributed by atoms with van der Waals surface area (Å²) in [6.45, 7) is 8.13. The predicted octanol–water partition coefficient (Wildman–Crippen LogP) is 2.56. The van der Waals surface area contributed by atoms with E-state index >= 15 is 0 Å². The molecular formula is C10H21N. The van der Waals surface area contributed by atoms with Gasteiger partial charge >= 0.3 is 0 Å². The second-order valence-electron chi connectivity index (χ2n) is 4.34. The molecule has 11 heavy (non-hydrogen) atoms. The SMILES string of the molecule is CCCC(C)CNC1(C)CC1. The molecule has 0 bridgehead atoms. The van der Waals surface area contributed by atoms with Gasteiger partial charge in [0.05, 0.1) is 0 Å². The molecular weight excluding hydrogens is 134 g/mol. The lowest BCUT2D eigenvalue weighted by Gasteiger charge is -2.15. The van der Waals surface area contributed by atoms with Gasteiger partial charge in [0.25, 0.3) is 0 Å². The van der Waals surface area contributed by atoms with E-state index in [0.29, 0.717) is 5.54 Å². The highest BCUT2D eigenvalue weighted by Crippen LogP contribution is 2.34. The Hall–Kier alpha value is -0.0400. The van der Waals surface area contributed by atoms with Crippen LogP contribution in [0.25, 0.3) is 0 Å². The Morgan fingerprint density at radius 2 is 2.09 bits per heavy atom. The summed E-state index contributed by atoms with van der Waals surface area (Å²) in [5, 5.41) is 3.62. The summed E-state index contributed by atoms with van der Waals surface area (Å²) < 4.78 is 0. The number of hydrogen-bond donors (Lipinski definition) is 1. The molecule has 0 amide bonds. The Morgan fingerprint density at radius 3 is 2.55 bits per heavy atom. The Morgan fingerprint density at radius 1 is 1.45 bits per heavy atom. The van der Waals surface area contributed by atoms with E-state index in [2.05, 4.69) is 26.1 Å². The largest absolute Gasteiger partial charge is 0.311 e. The maximum Gasteiger partial charge on any atom is 0.0154 e. The summed E-state index contributed by atoms with van der Waals surface area (Å²) in [6.07, 6.45) is 5.44. The summed E-state index contributed by atoms with van der Waals surface area (Å²) in [6, 6.07) is 0. The fourth-order valence-corrected chi connectivity index (χ4v) is 1.38. The third kappa shape index (κ3) is 3.24. The van der Waals surface area contributed by atoms with Crippen LogP contribution in [0.1, 0.15) is 46.5 Å². The molecule has 1 saturated carbocycles. The number of nitrogens with one attached hydrogen (secondary N) is 1. The Kier molecular flexibility index (Phi) is 2.94. The van der Waals surface area contributed by atoms with Gasteiger partial charge in [0, 0.05) is 5.54 Å². The first-order valence-electron chi connectivity index (χ1n) is 4.91. The standard InChI is InChI=1S/C10H21N/c1-4-5-9(2)8-11-10(3)6-7-10/h9,11H,4-8H2,1-3H3. The van der Waals surface area contributed by atoms with E-state index in [0.717, 1.165) is 5.92 Å². The van der Waals surface area contributed by atoms with Gasteiger partial charge in [0.2, 0.25) is 0 Å². The van der Waals surface area contributed by atoms with E-state index in [1.807, 2.05) is 0 Å². The van der Waals surface area contributed by atoms with Crippen LogP contribution in [0.5, 0.6) is 0 Å². The van der Waals surface area contributed by atoms with E-state index in [1.165, 1.54) is 32.2 Å². The van der Waals surface area contributed by atoms with Crippen LogP contribution in [-0.4, -0.2) is 12.1 Å². The summed E-state index contributed by atoms with van der Waals surface area (Å²) >= 11 is 0. The summed E-state index contributed by atoms with van der Waals surface area (Å²) in [4.78, 5) is 0. The van der Waals surface area contributed by atoms with Gasteiger partial charge in [-0.15, -0.1) is 0 Å². The van der Waals surface area contributed by atoms with Crippen molar-refractivity contribution in [1.29, 1.82) is 0 Å². The molecule has 1 rings (SSSR count). The van der Waals surface area contributed by atoms with Crippen molar-refractivity contribution in [3.05, 3.63) is 0 Å². The molecule has 0 radical (unpaired) electrons. The van der Waals surface area contributed by atoms with E-state index < -0.39 is 0 Å². The van der Waals surface area contributed by atoms with Gasteiger partial charge < -0.3 is 5.32 Å². The summed E-state index contributed by atoms with van der Waals surface area (Å²) in [5.41, 5.74) is 0.530. The fourth-order valence-electron chi connectivity index (χ4n) is 1.38. The first kappa shape index (κ1) is 9.05. The first-order valence-corrected chi connectivity index (χ1v) is 4.91. The smallest absolute Gasteiger partial charge is 0.0154 e. The third-order valence-electron chi connectivity index (χ3n) is 2.66. The maximum atomic E-state index is 3.62. The fraction of sp³-hybridized carbons (Fsp3) is 1.00. The van der Waals surface area contributed by atoms with Crippen molar-refractivity contribution >= 4 is 0 Å². The topological polar surface area (TPSA) is 12.0 Å². The molecule has 0 aromatic carbocycles. The Balaban J connectivity index is 2.01. The van der Waals surface area contributed by atoms with Crippen LogP contribution >= 0.6 is 0 Å². The molecule has 1 nitrogen and oxygen atoms in total. The van der Waals surface area contributed by atoms with E-state index in [1.54, 1.807) is 0 Å². The molecule has 1 heteroatoms. The van der Waals surface area contributed by atoms with Crippen molar-refractivity contribution < 1.29 is 0 Å². The maximum absolute atomic E-state index is 3.62. The van der Waals surface area contributed by atoms with Crippen molar-refractivity contribution in [3.8, 4) is 0 Å². The molecule has 1 fully saturated rings. The number of rotatable bonds is 5. The number of hydrogen-bond acceptors (Lipinski definition) is 1. The zero-order valence-corrected chi connectivity index (χ0v) is 8.11. The van der Waals surface area contributed by atoms with E-state index in [9.17, 15) is 0 Å². The Labute approximate surface area is 70.6 Å². The van der Waals surface area contributed by atoms with Crippen LogP contribution in [0.2, 0.25) is 0 Å². The molecule has 0 heterocycles. The second kappa shape index (κ2) is 3.57. The van der Waals surface area contributed by atoms with Crippen LogP contribution in [0, 0.1) is 5.92 Å². The van der Waals surface area contributed by atoms with Crippen molar-refractivity contribution in [1.82, 2.24) is 5.32 Å². The monoisotopic (exact) mass is 155 g/mol. The van der Waals surface area contributed by atoms with Crippen molar-refractivity contribution in [2.75, 3.05) is 6.54 Å². The minimum Gasteiger partial charge on any atom is -0.311 e. The van der Waals surface area contributed by atoms with Crippen LogP contribution in [-0.2, 0) is 0 Å². The van der Waals surface area contributed by atoms with Gasteiger partial charge in [0.1, 0.15) is 0 Å². The highest BCUT2D eigenvalue weighted by molar-refractivity contribution is 4.97. The minimum atomic E-state index is 0.530. The lowest BCUT2D eigenvalue weighted by Crippen LogP contribution is -2.31. The molecule has 1 N–H and O–H groups in total. The molecule has 1 aliphatic rings. The van der Waals surface area contributed by atoms with Crippen LogP contribution in [0.4, 0.5) is 0 Å². The lowest BCUT2D eigenvalue weighted by atomic mass is 10.1. The highest BCUT2D eigenvalue weighted by Gasteiger charge is 2.36. The van der Waals surface area contributed by atoms with E-state index in [-0.39, 0.29) is 0 Å². The average Bonchev–Trinajstić information content (AvgIpc) is 2.66. The summed E-state index contributed by atoms with van der Waals surface area (Å²) in [7, 11) is 0. The zero-order valence-electron chi connectivity index (χ0n) is 8.11. The van der Waals surface area contributed by atoms with Crippen LogP contribution < -0.4 is 5.32 Å². The predicted molar refractivity (Wildman–Crippen MR) is 49.7 cm³/mol. The van der Waals surface area contributed by atoms with Gasteiger partial charge in [-0.25, -0.2) is 0 Å². The van der Waals surface area contributed by atoms with Crippen molar-refractivity contribution in [3.63, 3.8) is 0 Å². The lowest BCUT2D eigenvalue weighted by molar-refractivity contribution is 0.429. The molecule has 0 aromatic heterocycles. The van der Waals surface area contributed by atoms with Gasteiger partial charge in [-0.2, -0.15) is 0 Å². The van der Waals surface area contributed by atoms with Gasteiger partial charge in [0.15, 0.2) is 0 Å². The first-order chi connectivity index (χ1) is 5.16.